The van der Waals surface area contributed by atoms with Crippen LogP contribution in [0.25, 0.3) is 0 Å². The number of carbonyl (C=O) groups excluding carboxylic acids is 1. The maximum Gasteiger partial charge on any atom is 0.209 e. The van der Waals surface area contributed by atoms with E-state index < -0.39 is 0 Å². The van der Waals surface area contributed by atoms with Crippen LogP contribution in [0.1, 0.15) is 5.56 Å². The van der Waals surface area contributed by atoms with Gasteiger partial charge in [-0.2, -0.15) is 0 Å². The van der Waals surface area contributed by atoms with E-state index in [9.17, 15) is 4.79 Å². The second-order valence-electron chi connectivity index (χ2n) is 2.76. The molecule has 0 radical (unpaired) electrons. The Balaban J connectivity index is 2.83. The highest BCUT2D eigenvalue weighted by Gasteiger charge is 2.02. The number of halogens is 2. The van der Waals surface area contributed by atoms with Crippen LogP contribution in [0.5, 0.6) is 0 Å². The van der Waals surface area contributed by atoms with Gasteiger partial charge in [0.15, 0.2) is 0 Å². The van der Waals surface area contributed by atoms with Gasteiger partial charge in [0.05, 0.1) is 0 Å². The molecular weight excluding hydrogens is 209 g/mol. The van der Waals surface area contributed by atoms with E-state index in [-0.39, 0.29) is 0 Å². The third-order valence-electron chi connectivity index (χ3n) is 1.61. The zero-order valence-electron chi connectivity index (χ0n) is 7.13. The number of nitrogens with zero attached hydrogens (tertiary/aromatic N) is 1. The quantitative estimate of drug-likeness (QED) is 0.714. The van der Waals surface area contributed by atoms with Crippen molar-refractivity contribution in [2.24, 2.45) is 0 Å². The Morgan fingerprint density at radius 1 is 1.46 bits per heavy atom. The van der Waals surface area contributed by atoms with Crippen molar-refractivity contribution in [1.29, 1.82) is 0 Å². The Hall–Kier alpha value is -0.730. The highest BCUT2D eigenvalue weighted by atomic mass is 35.5. The van der Waals surface area contributed by atoms with E-state index in [4.69, 9.17) is 23.2 Å². The minimum Gasteiger partial charge on any atom is -0.344 e. The first-order valence-corrected chi connectivity index (χ1v) is 4.48. The molecule has 4 heteroatoms. The van der Waals surface area contributed by atoms with Crippen molar-refractivity contribution in [3.63, 3.8) is 0 Å². The Morgan fingerprint density at radius 2 is 2.15 bits per heavy atom. The number of benzene rings is 1. The van der Waals surface area contributed by atoms with Gasteiger partial charge < -0.3 is 4.90 Å². The number of carbonyl (C=O) groups is 1. The smallest absolute Gasteiger partial charge is 0.209 e. The van der Waals surface area contributed by atoms with Gasteiger partial charge in [-0.1, -0.05) is 29.3 Å². The van der Waals surface area contributed by atoms with Gasteiger partial charge in [-0.05, 0) is 17.7 Å². The molecule has 13 heavy (non-hydrogen) atoms. The van der Waals surface area contributed by atoms with Crippen LogP contribution < -0.4 is 0 Å². The standard InChI is InChI=1S/C9H9Cl2NO/c1-12(6-13)5-7-2-3-8(10)4-9(7)11/h2-4,6H,5H2,1H3. The highest BCUT2D eigenvalue weighted by molar-refractivity contribution is 6.35. The van der Waals surface area contributed by atoms with Gasteiger partial charge in [-0.3, -0.25) is 4.79 Å². The predicted molar refractivity (Wildman–Crippen MR) is 54.0 cm³/mol. The molecule has 1 rings (SSSR count). The summed E-state index contributed by atoms with van der Waals surface area (Å²) in [5.74, 6) is 0. The third-order valence-corrected chi connectivity index (χ3v) is 2.20. The molecule has 0 aromatic heterocycles. The molecule has 0 aliphatic rings. The van der Waals surface area contributed by atoms with Crippen LogP contribution in [0.2, 0.25) is 10.0 Å². The molecule has 0 aliphatic heterocycles. The summed E-state index contributed by atoms with van der Waals surface area (Å²) in [7, 11) is 1.69. The first kappa shape index (κ1) is 10.4. The predicted octanol–water partition coefficient (Wildman–Crippen LogP) is 2.58. The van der Waals surface area contributed by atoms with Crippen molar-refractivity contribution >= 4 is 29.6 Å². The molecule has 0 saturated carbocycles. The first-order chi connectivity index (χ1) is 6.13. The highest BCUT2D eigenvalue weighted by Crippen LogP contribution is 2.21. The zero-order chi connectivity index (χ0) is 9.84. The van der Waals surface area contributed by atoms with Crippen LogP contribution in [0, 0.1) is 0 Å². The number of hydrogen-bond donors (Lipinski definition) is 0. The van der Waals surface area contributed by atoms with Gasteiger partial charge in [0.1, 0.15) is 0 Å². The fourth-order valence-corrected chi connectivity index (χ4v) is 1.42. The second kappa shape index (κ2) is 4.49. The van der Waals surface area contributed by atoms with E-state index in [1.54, 1.807) is 19.2 Å². The van der Waals surface area contributed by atoms with Crippen LogP contribution in [0.3, 0.4) is 0 Å². The summed E-state index contributed by atoms with van der Waals surface area (Å²) in [6.45, 7) is 0.500. The molecule has 0 unspecified atom stereocenters. The maximum absolute atomic E-state index is 10.3. The summed E-state index contributed by atoms with van der Waals surface area (Å²) in [6.07, 6.45) is 0.755. The van der Waals surface area contributed by atoms with E-state index in [1.807, 2.05) is 6.07 Å². The van der Waals surface area contributed by atoms with Gasteiger partial charge in [0.25, 0.3) is 0 Å². The number of hydrogen-bond acceptors (Lipinski definition) is 1. The Kier molecular flexibility index (Phi) is 3.58. The topological polar surface area (TPSA) is 20.3 Å². The summed E-state index contributed by atoms with van der Waals surface area (Å²) < 4.78 is 0. The average Bonchev–Trinajstić information content (AvgIpc) is 2.09. The summed E-state index contributed by atoms with van der Waals surface area (Å²) >= 11 is 11.6. The van der Waals surface area contributed by atoms with Crippen LogP contribution in [-0.2, 0) is 11.3 Å². The molecule has 70 valence electrons. The van der Waals surface area contributed by atoms with Gasteiger partial charge >= 0.3 is 0 Å². The van der Waals surface area contributed by atoms with Gasteiger partial charge in [0, 0.05) is 23.6 Å². The Morgan fingerprint density at radius 3 is 2.69 bits per heavy atom. The van der Waals surface area contributed by atoms with Crippen molar-refractivity contribution in [2.45, 2.75) is 6.54 Å². The van der Waals surface area contributed by atoms with Crippen molar-refractivity contribution in [1.82, 2.24) is 4.90 Å². The van der Waals surface area contributed by atoms with Crippen LogP contribution in [0.15, 0.2) is 18.2 Å². The molecular formula is C9H9Cl2NO. The first-order valence-electron chi connectivity index (χ1n) is 3.73. The summed E-state index contributed by atoms with van der Waals surface area (Å²) in [6, 6.07) is 5.23. The minimum atomic E-state index is 0.500. The lowest BCUT2D eigenvalue weighted by Gasteiger charge is -2.11. The fraction of sp³-hybridized carbons (Fsp3) is 0.222. The molecule has 2 nitrogen and oxygen atoms in total. The maximum atomic E-state index is 10.3. The zero-order valence-corrected chi connectivity index (χ0v) is 8.64. The van der Waals surface area contributed by atoms with E-state index in [0.717, 1.165) is 12.0 Å². The molecule has 0 bridgehead atoms. The molecule has 0 fully saturated rings. The van der Waals surface area contributed by atoms with Crippen molar-refractivity contribution < 1.29 is 4.79 Å². The van der Waals surface area contributed by atoms with Crippen molar-refractivity contribution in [2.75, 3.05) is 7.05 Å². The SMILES string of the molecule is CN(C=O)Cc1ccc(Cl)cc1Cl. The Labute approximate surface area is 87.1 Å². The molecule has 1 aromatic carbocycles. The molecule has 0 saturated heterocycles. The molecule has 1 amide bonds. The second-order valence-corrected chi connectivity index (χ2v) is 3.60. The van der Waals surface area contributed by atoms with E-state index >= 15 is 0 Å². The van der Waals surface area contributed by atoms with E-state index in [0.29, 0.717) is 16.6 Å². The van der Waals surface area contributed by atoms with E-state index in [1.165, 1.54) is 4.90 Å². The lowest BCUT2D eigenvalue weighted by atomic mass is 10.2. The summed E-state index contributed by atoms with van der Waals surface area (Å²) in [5.41, 5.74) is 0.890. The van der Waals surface area contributed by atoms with Gasteiger partial charge in [-0.15, -0.1) is 0 Å². The van der Waals surface area contributed by atoms with Crippen LogP contribution in [-0.4, -0.2) is 18.4 Å². The average molecular weight is 218 g/mol. The monoisotopic (exact) mass is 217 g/mol. The van der Waals surface area contributed by atoms with Crippen molar-refractivity contribution in [3.05, 3.63) is 33.8 Å². The molecule has 0 atom stereocenters. The van der Waals surface area contributed by atoms with Crippen molar-refractivity contribution in [3.8, 4) is 0 Å². The van der Waals surface area contributed by atoms with Gasteiger partial charge in [0.2, 0.25) is 6.41 Å². The van der Waals surface area contributed by atoms with Gasteiger partial charge in [-0.25, -0.2) is 0 Å². The summed E-state index contributed by atoms with van der Waals surface area (Å²) in [4.78, 5) is 11.9. The fourth-order valence-electron chi connectivity index (χ4n) is 0.956. The lowest BCUT2D eigenvalue weighted by molar-refractivity contribution is -0.117. The largest absolute Gasteiger partial charge is 0.344 e. The van der Waals surface area contributed by atoms with Crippen LogP contribution >= 0.6 is 23.2 Å². The number of amides is 1. The normalized spacial score (nSPS) is 9.77. The molecule has 0 heterocycles. The number of rotatable bonds is 3. The molecule has 0 N–H and O–H groups in total. The third kappa shape index (κ3) is 2.90. The minimum absolute atomic E-state index is 0.500. The lowest BCUT2D eigenvalue weighted by Crippen LogP contribution is -2.15. The van der Waals surface area contributed by atoms with Crippen LogP contribution in [0.4, 0.5) is 0 Å². The molecule has 0 spiro atoms. The van der Waals surface area contributed by atoms with E-state index in [2.05, 4.69) is 0 Å². The Bertz CT molecular complexity index is 314. The summed E-state index contributed by atoms with van der Waals surface area (Å²) in [5, 5.41) is 1.18. The molecule has 1 aromatic rings. The molecule has 0 aliphatic carbocycles.